The molecule has 9 heteroatoms. The zero-order valence-corrected chi connectivity index (χ0v) is 17.1. The van der Waals surface area contributed by atoms with Crippen LogP contribution in [0.2, 0.25) is 0 Å². The summed E-state index contributed by atoms with van der Waals surface area (Å²) < 4.78 is 49.9. The molecule has 0 unspecified atom stereocenters. The number of fused-ring (bicyclic) bond motifs is 1. The number of pyridine rings is 1. The summed E-state index contributed by atoms with van der Waals surface area (Å²) in [5.74, 6) is 0.174. The summed E-state index contributed by atoms with van der Waals surface area (Å²) in [6, 6.07) is 8.04. The molecule has 1 aromatic carbocycles. The Morgan fingerprint density at radius 3 is 2.74 bits per heavy atom. The quantitative estimate of drug-likeness (QED) is 0.666. The zero-order valence-electron chi connectivity index (χ0n) is 17.1. The first-order chi connectivity index (χ1) is 14.7. The monoisotopic (exact) mass is 433 g/mol. The standard InChI is InChI=1S/C22H22F3N3O3/c1-13-9-15(5-7-26-13)20-18-6-8-30-14(2)11-28(18)21(27-20)16-3-4-19(17(10-16)12-29)31-22(23,24)25/h3-5,7,9-10,14,29H,6,8,11-12H2,1-2H3/t14-/m1/s1. The molecule has 164 valence electrons. The maximum atomic E-state index is 12.7. The molecule has 0 fully saturated rings. The minimum Gasteiger partial charge on any atom is -0.405 e. The number of nitrogens with zero attached hydrogens (tertiary/aromatic N) is 3. The molecule has 1 aliphatic heterocycles. The second-order valence-corrected chi connectivity index (χ2v) is 7.49. The number of aryl methyl sites for hydroxylation is 1. The maximum Gasteiger partial charge on any atom is 0.573 e. The second-order valence-electron chi connectivity index (χ2n) is 7.49. The Morgan fingerprint density at radius 1 is 1.23 bits per heavy atom. The molecule has 1 aliphatic rings. The molecule has 0 saturated heterocycles. The van der Waals surface area contributed by atoms with E-state index in [1.165, 1.54) is 18.2 Å². The molecule has 6 nitrogen and oxygen atoms in total. The van der Waals surface area contributed by atoms with Crippen LogP contribution in [0.3, 0.4) is 0 Å². The minimum atomic E-state index is -4.84. The number of aliphatic hydroxyl groups excluding tert-OH is 1. The molecule has 0 aliphatic carbocycles. The molecule has 2 aromatic heterocycles. The van der Waals surface area contributed by atoms with Gasteiger partial charge in [-0.1, -0.05) is 0 Å². The second kappa shape index (κ2) is 8.32. The predicted octanol–water partition coefficient (Wildman–Crippen LogP) is 4.27. The van der Waals surface area contributed by atoms with E-state index in [-0.39, 0.29) is 11.7 Å². The van der Waals surface area contributed by atoms with Gasteiger partial charge in [0, 0.05) is 40.7 Å². The molecule has 4 rings (SSSR count). The number of ether oxygens (including phenoxy) is 2. The van der Waals surface area contributed by atoms with Crippen molar-refractivity contribution in [1.29, 1.82) is 0 Å². The van der Waals surface area contributed by atoms with E-state index in [0.29, 0.717) is 31.0 Å². The number of hydrogen-bond donors (Lipinski definition) is 1. The van der Waals surface area contributed by atoms with Crippen molar-refractivity contribution in [2.45, 2.75) is 45.9 Å². The largest absolute Gasteiger partial charge is 0.573 e. The highest BCUT2D eigenvalue weighted by Gasteiger charge is 2.32. The number of aliphatic hydroxyl groups is 1. The van der Waals surface area contributed by atoms with Crippen molar-refractivity contribution >= 4 is 0 Å². The molecule has 0 saturated carbocycles. The summed E-state index contributed by atoms with van der Waals surface area (Å²) in [6.45, 7) is 4.37. The summed E-state index contributed by atoms with van der Waals surface area (Å²) in [5.41, 5.74) is 4.18. The van der Waals surface area contributed by atoms with E-state index in [9.17, 15) is 18.3 Å². The van der Waals surface area contributed by atoms with Crippen LogP contribution >= 0.6 is 0 Å². The van der Waals surface area contributed by atoms with Gasteiger partial charge in [0.2, 0.25) is 0 Å². The summed E-state index contributed by atoms with van der Waals surface area (Å²) in [7, 11) is 0. The van der Waals surface area contributed by atoms with Crippen LogP contribution in [0.25, 0.3) is 22.6 Å². The average molecular weight is 433 g/mol. The summed E-state index contributed by atoms with van der Waals surface area (Å²) in [5, 5.41) is 9.62. The summed E-state index contributed by atoms with van der Waals surface area (Å²) in [6.07, 6.45) is -2.52. The molecule has 0 radical (unpaired) electrons. The van der Waals surface area contributed by atoms with Crippen LogP contribution in [-0.2, 0) is 24.3 Å². The molecule has 1 N–H and O–H groups in total. The van der Waals surface area contributed by atoms with Gasteiger partial charge in [-0.05, 0) is 44.2 Å². The highest BCUT2D eigenvalue weighted by Crippen LogP contribution is 2.35. The lowest BCUT2D eigenvalue weighted by atomic mass is 10.1. The van der Waals surface area contributed by atoms with E-state index in [0.717, 1.165) is 22.6 Å². The lowest BCUT2D eigenvalue weighted by Crippen LogP contribution is -2.18. The Balaban J connectivity index is 1.85. The number of imidazole rings is 1. The SMILES string of the molecule is Cc1cc(-c2nc(-c3ccc(OC(F)(F)F)c(CO)c3)n3c2CCO[C@H](C)C3)ccn1. The highest BCUT2D eigenvalue weighted by molar-refractivity contribution is 5.69. The van der Waals surface area contributed by atoms with Crippen molar-refractivity contribution in [2.24, 2.45) is 0 Å². The third-order valence-corrected chi connectivity index (χ3v) is 5.14. The minimum absolute atomic E-state index is 0.0337. The third-order valence-electron chi connectivity index (χ3n) is 5.14. The Hall–Kier alpha value is -2.91. The van der Waals surface area contributed by atoms with Crippen molar-refractivity contribution in [2.75, 3.05) is 6.61 Å². The van der Waals surface area contributed by atoms with Gasteiger partial charge in [0.05, 0.1) is 31.6 Å². The first-order valence-corrected chi connectivity index (χ1v) is 9.89. The van der Waals surface area contributed by atoms with E-state index in [1.807, 2.05) is 30.5 Å². The zero-order chi connectivity index (χ0) is 22.2. The average Bonchev–Trinajstić information content (AvgIpc) is 2.94. The maximum absolute atomic E-state index is 12.7. The molecule has 3 aromatic rings. The van der Waals surface area contributed by atoms with E-state index in [4.69, 9.17) is 9.72 Å². The van der Waals surface area contributed by atoms with Gasteiger partial charge in [0.1, 0.15) is 11.6 Å². The fourth-order valence-corrected chi connectivity index (χ4v) is 3.81. The summed E-state index contributed by atoms with van der Waals surface area (Å²) >= 11 is 0. The molecule has 0 bridgehead atoms. The molecule has 1 atom stereocenters. The van der Waals surface area contributed by atoms with E-state index >= 15 is 0 Å². The van der Waals surface area contributed by atoms with Gasteiger partial charge < -0.3 is 19.1 Å². The van der Waals surface area contributed by atoms with E-state index in [2.05, 4.69) is 9.72 Å². The molecular weight excluding hydrogens is 411 g/mol. The van der Waals surface area contributed by atoms with Gasteiger partial charge in [-0.25, -0.2) is 4.98 Å². The number of aromatic nitrogens is 3. The van der Waals surface area contributed by atoms with Crippen LogP contribution in [-0.4, -0.2) is 38.7 Å². The molecule has 0 amide bonds. The first kappa shape index (κ1) is 21.3. The lowest BCUT2D eigenvalue weighted by molar-refractivity contribution is -0.275. The van der Waals surface area contributed by atoms with Gasteiger partial charge in [0.25, 0.3) is 0 Å². The fraction of sp³-hybridized carbons (Fsp3) is 0.364. The normalized spacial score (nSPS) is 16.6. The van der Waals surface area contributed by atoms with Crippen LogP contribution in [0.4, 0.5) is 13.2 Å². The van der Waals surface area contributed by atoms with Gasteiger partial charge in [-0.3, -0.25) is 4.98 Å². The Morgan fingerprint density at radius 2 is 2.03 bits per heavy atom. The van der Waals surface area contributed by atoms with Crippen molar-refractivity contribution in [3.63, 3.8) is 0 Å². The van der Waals surface area contributed by atoms with Crippen LogP contribution in [0, 0.1) is 6.92 Å². The van der Waals surface area contributed by atoms with Crippen LogP contribution < -0.4 is 4.74 Å². The lowest BCUT2D eigenvalue weighted by Gasteiger charge is -2.15. The number of alkyl halides is 3. The van der Waals surface area contributed by atoms with Crippen molar-refractivity contribution in [3.8, 4) is 28.4 Å². The number of halogens is 3. The first-order valence-electron chi connectivity index (χ1n) is 9.89. The number of benzene rings is 1. The molecular formula is C22H22F3N3O3. The van der Waals surface area contributed by atoms with E-state index < -0.39 is 18.7 Å². The van der Waals surface area contributed by atoms with Crippen molar-refractivity contribution in [3.05, 3.63) is 53.5 Å². The Kier molecular flexibility index (Phi) is 5.72. The van der Waals surface area contributed by atoms with Crippen molar-refractivity contribution in [1.82, 2.24) is 14.5 Å². The van der Waals surface area contributed by atoms with Gasteiger partial charge in [-0.15, -0.1) is 13.2 Å². The number of rotatable bonds is 4. The highest BCUT2D eigenvalue weighted by atomic mass is 19.4. The summed E-state index contributed by atoms with van der Waals surface area (Å²) in [4.78, 5) is 9.11. The Bertz CT molecular complexity index is 1100. The van der Waals surface area contributed by atoms with Crippen LogP contribution in [0.15, 0.2) is 36.5 Å². The fourth-order valence-electron chi connectivity index (χ4n) is 3.81. The molecule has 3 heterocycles. The predicted molar refractivity (Wildman–Crippen MR) is 107 cm³/mol. The smallest absolute Gasteiger partial charge is 0.405 e. The van der Waals surface area contributed by atoms with Crippen LogP contribution in [0.5, 0.6) is 5.75 Å². The number of hydrogen-bond acceptors (Lipinski definition) is 5. The van der Waals surface area contributed by atoms with Gasteiger partial charge in [-0.2, -0.15) is 0 Å². The van der Waals surface area contributed by atoms with Crippen LogP contribution in [0.1, 0.15) is 23.9 Å². The Labute approximate surface area is 177 Å². The van der Waals surface area contributed by atoms with E-state index in [1.54, 1.807) is 6.20 Å². The van der Waals surface area contributed by atoms with Gasteiger partial charge >= 0.3 is 6.36 Å². The van der Waals surface area contributed by atoms with Crippen molar-refractivity contribution < 1.29 is 27.8 Å². The van der Waals surface area contributed by atoms with Gasteiger partial charge in [0.15, 0.2) is 0 Å². The topological polar surface area (TPSA) is 69.4 Å². The molecule has 0 spiro atoms. The third kappa shape index (κ3) is 4.57. The molecule has 31 heavy (non-hydrogen) atoms.